The average molecular weight is 287 g/mol. The summed E-state index contributed by atoms with van der Waals surface area (Å²) in [5.41, 5.74) is 0.581. The Labute approximate surface area is 123 Å². The van der Waals surface area contributed by atoms with E-state index in [1.54, 1.807) is 7.11 Å². The zero-order valence-electron chi connectivity index (χ0n) is 12.3. The first-order valence-corrected chi connectivity index (χ1v) is 6.65. The quantitative estimate of drug-likeness (QED) is 0.930. The molecule has 0 aliphatic rings. The van der Waals surface area contributed by atoms with E-state index in [0.717, 1.165) is 5.56 Å². The second kappa shape index (κ2) is 5.95. The Morgan fingerprint density at radius 1 is 1.10 bits per heavy atom. The Morgan fingerprint density at radius 2 is 1.71 bits per heavy atom. The molecule has 0 radical (unpaired) electrons. The van der Waals surface area contributed by atoms with Gasteiger partial charge in [-0.25, -0.2) is 4.39 Å². The Bertz CT molecular complexity index is 635. The van der Waals surface area contributed by atoms with Crippen molar-refractivity contribution in [2.45, 2.75) is 19.3 Å². The third kappa shape index (κ3) is 3.21. The molecule has 0 heterocycles. The summed E-state index contributed by atoms with van der Waals surface area (Å²) in [6.07, 6.45) is 0. The van der Waals surface area contributed by atoms with E-state index in [9.17, 15) is 9.18 Å². The van der Waals surface area contributed by atoms with Crippen molar-refractivity contribution in [1.29, 1.82) is 0 Å². The van der Waals surface area contributed by atoms with E-state index in [4.69, 9.17) is 4.74 Å². The number of carbonyl (C=O) groups excluding carboxylic acids is 1. The van der Waals surface area contributed by atoms with Crippen LogP contribution in [0.4, 0.5) is 10.1 Å². The predicted octanol–water partition coefficient (Wildman–Crippen LogP) is 3.75. The van der Waals surface area contributed by atoms with Crippen molar-refractivity contribution >= 4 is 11.6 Å². The lowest BCUT2D eigenvalue weighted by Crippen LogP contribution is -2.35. The van der Waals surface area contributed by atoms with Gasteiger partial charge in [0.25, 0.3) is 0 Å². The van der Waals surface area contributed by atoms with Crippen LogP contribution in [0.2, 0.25) is 0 Å². The number of nitrogens with one attached hydrogen (secondary N) is 1. The molecule has 0 aromatic heterocycles. The molecular weight excluding hydrogens is 269 g/mol. The number of hydrogen-bond acceptors (Lipinski definition) is 2. The van der Waals surface area contributed by atoms with E-state index >= 15 is 0 Å². The fourth-order valence-electron chi connectivity index (χ4n) is 2.10. The molecule has 4 heteroatoms. The van der Waals surface area contributed by atoms with Gasteiger partial charge in [-0.05, 0) is 44.2 Å². The number of ether oxygens (including phenoxy) is 1. The molecule has 2 rings (SSSR count). The highest BCUT2D eigenvalue weighted by Gasteiger charge is 2.32. The maximum atomic E-state index is 12.9. The van der Waals surface area contributed by atoms with Crippen molar-refractivity contribution in [1.82, 2.24) is 0 Å². The molecule has 0 aliphatic carbocycles. The van der Waals surface area contributed by atoms with Crippen molar-refractivity contribution in [3.63, 3.8) is 0 Å². The maximum Gasteiger partial charge on any atom is 0.234 e. The minimum Gasteiger partial charge on any atom is -0.496 e. The number of rotatable bonds is 4. The minimum atomic E-state index is -0.777. The van der Waals surface area contributed by atoms with Crippen LogP contribution in [0.5, 0.6) is 5.75 Å². The summed E-state index contributed by atoms with van der Waals surface area (Å²) < 4.78 is 18.2. The van der Waals surface area contributed by atoms with Gasteiger partial charge < -0.3 is 10.1 Å². The van der Waals surface area contributed by atoms with E-state index in [1.807, 2.05) is 38.1 Å². The van der Waals surface area contributed by atoms with Gasteiger partial charge in [0.1, 0.15) is 11.6 Å². The topological polar surface area (TPSA) is 38.3 Å². The van der Waals surface area contributed by atoms with Crippen LogP contribution in [-0.2, 0) is 10.2 Å². The summed E-state index contributed by atoms with van der Waals surface area (Å²) in [6.45, 7) is 3.65. The molecule has 0 atom stereocenters. The number of hydrogen-bond donors (Lipinski definition) is 1. The van der Waals surface area contributed by atoms with Crippen LogP contribution in [-0.4, -0.2) is 13.0 Å². The van der Waals surface area contributed by atoms with Gasteiger partial charge in [-0.1, -0.05) is 18.2 Å². The molecule has 2 aromatic carbocycles. The first-order valence-electron chi connectivity index (χ1n) is 6.65. The number of amides is 1. The second-order valence-corrected chi connectivity index (χ2v) is 5.29. The van der Waals surface area contributed by atoms with Gasteiger partial charge in [-0.3, -0.25) is 4.79 Å². The van der Waals surface area contributed by atoms with Gasteiger partial charge >= 0.3 is 0 Å². The molecule has 2 aromatic rings. The lowest BCUT2D eigenvalue weighted by atomic mass is 9.83. The Morgan fingerprint density at radius 3 is 2.33 bits per heavy atom. The fourth-order valence-corrected chi connectivity index (χ4v) is 2.10. The number of benzene rings is 2. The molecule has 0 aliphatic heterocycles. The number of methoxy groups -OCH3 is 1. The van der Waals surface area contributed by atoms with Gasteiger partial charge in [-0.2, -0.15) is 0 Å². The lowest BCUT2D eigenvalue weighted by molar-refractivity contribution is -0.120. The molecular formula is C17H18FNO2. The van der Waals surface area contributed by atoms with Crippen molar-refractivity contribution < 1.29 is 13.9 Å². The zero-order chi connectivity index (χ0) is 15.5. The van der Waals surface area contributed by atoms with E-state index in [-0.39, 0.29) is 11.7 Å². The van der Waals surface area contributed by atoms with Gasteiger partial charge in [-0.15, -0.1) is 0 Å². The zero-order valence-corrected chi connectivity index (χ0v) is 12.3. The number of para-hydroxylation sites is 1. The number of halogens is 1. The molecule has 0 fully saturated rings. The highest BCUT2D eigenvalue weighted by Crippen LogP contribution is 2.32. The smallest absolute Gasteiger partial charge is 0.234 e. The summed E-state index contributed by atoms with van der Waals surface area (Å²) in [5, 5.41) is 2.80. The van der Waals surface area contributed by atoms with E-state index in [0.29, 0.717) is 11.4 Å². The largest absolute Gasteiger partial charge is 0.496 e. The second-order valence-electron chi connectivity index (χ2n) is 5.29. The van der Waals surface area contributed by atoms with Crippen LogP contribution in [0.25, 0.3) is 0 Å². The van der Waals surface area contributed by atoms with Crippen LogP contribution < -0.4 is 10.1 Å². The Balaban J connectivity index is 2.26. The predicted molar refractivity (Wildman–Crippen MR) is 81.0 cm³/mol. The Hall–Kier alpha value is -2.36. The van der Waals surface area contributed by atoms with Gasteiger partial charge in [0.15, 0.2) is 0 Å². The van der Waals surface area contributed by atoms with Crippen molar-refractivity contribution in [2.75, 3.05) is 12.4 Å². The first kappa shape index (κ1) is 15.0. The van der Waals surface area contributed by atoms with Gasteiger partial charge in [0.2, 0.25) is 5.91 Å². The molecule has 0 bridgehead atoms. The SMILES string of the molecule is COc1ccccc1C(C)(C)C(=O)Nc1ccc(F)cc1. The normalized spacial score (nSPS) is 11.0. The van der Waals surface area contributed by atoms with Crippen molar-refractivity contribution in [3.05, 3.63) is 59.9 Å². The summed E-state index contributed by atoms with van der Waals surface area (Å²) in [7, 11) is 1.58. The molecule has 0 saturated heterocycles. The van der Waals surface area contributed by atoms with Crippen molar-refractivity contribution in [3.8, 4) is 5.75 Å². The van der Waals surface area contributed by atoms with Gasteiger partial charge in [0.05, 0.1) is 12.5 Å². The third-order valence-corrected chi connectivity index (χ3v) is 3.45. The molecule has 0 unspecified atom stereocenters. The lowest BCUT2D eigenvalue weighted by Gasteiger charge is -2.26. The fraction of sp³-hybridized carbons (Fsp3) is 0.235. The molecule has 110 valence electrons. The van der Waals surface area contributed by atoms with Gasteiger partial charge in [0, 0.05) is 11.3 Å². The van der Waals surface area contributed by atoms with E-state index in [2.05, 4.69) is 5.32 Å². The molecule has 1 amide bonds. The maximum absolute atomic E-state index is 12.9. The highest BCUT2D eigenvalue weighted by molar-refractivity contribution is 5.99. The third-order valence-electron chi connectivity index (χ3n) is 3.45. The van der Waals surface area contributed by atoms with E-state index < -0.39 is 5.41 Å². The standard InChI is InChI=1S/C17H18FNO2/c1-17(2,14-6-4-5-7-15(14)21-3)16(20)19-13-10-8-12(18)9-11-13/h4-11H,1-3H3,(H,19,20). The summed E-state index contributed by atoms with van der Waals surface area (Å²) in [6, 6.07) is 13.1. The van der Waals surface area contributed by atoms with Crippen molar-refractivity contribution in [2.24, 2.45) is 0 Å². The molecule has 21 heavy (non-hydrogen) atoms. The molecule has 3 nitrogen and oxygen atoms in total. The molecule has 1 N–H and O–H groups in total. The van der Waals surface area contributed by atoms with Crippen LogP contribution in [0.1, 0.15) is 19.4 Å². The monoisotopic (exact) mass is 287 g/mol. The van der Waals surface area contributed by atoms with Crippen LogP contribution in [0.3, 0.4) is 0 Å². The first-order chi connectivity index (χ1) is 9.95. The highest BCUT2D eigenvalue weighted by atomic mass is 19.1. The summed E-state index contributed by atoms with van der Waals surface area (Å²) >= 11 is 0. The minimum absolute atomic E-state index is 0.182. The van der Waals surface area contributed by atoms with E-state index in [1.165, 1.54) is 24.3 Å². The summed E-state index contributed by atoms with van der Waals surface area (Å²) in [4.78, 5) is 12.5. The Kier molecular flexibility index (Phi) is 4.26. The average Bonchev–Trinajstić information content (AvgIpc) is 2.49. The number of carbonyl (C=O) groups is 1. The summed E-state index contributed by atoms with van der Waals surface area (Å²) in [5.74, 6) is 0.146. The molecule has 0 spiro atoms. The van der Waals surface area contributed by atoms with Crippen LogP contribution >= 0.6 is 0 Å². The van der Waals surface area contributed by atoms with Crippen LogP contribution in [0.15, 0.2) is 48.5 Å². The van der Waals surface area contributed by atoms with Crippen LogP contribution in [0, 0.1) is 5.82 Å². The molecule has 0 saturated carbocycles. The number of anilines is 1.